The molecule has 0 saturated heterocycles. The van der Waals surface area contributed by atoms with Crippen LogP contribution in [0, 0.1) is 0 Å². The summed E-state index contributed by atoms with van der Waals surface area (Å²) in [7, 11) is 0. The second kappa shape index (κ2) is 7.48. The molecule has 4 aromatic carbocycles. The SMILES string of the molecule is CC(C)(C)c1ccc(-c2cccc(-c3ccccc3)c2)cc1-c1ccccc1. The van der Waals surface area contributed by atoms with Gasteiger partial charge in [0.2, 0.25) is 0 Å². The molecule has 0 nitrogen and oxygen atoms in total. The Hall–Kier alpha value is -3.12. The largest absolute Gasteiger partial charge is 0.0622 e. The van der Waals surface area contributed by atoms with Crippen LogP contribution in [0.3, 0.4) is 0 Å². The van der Waals surface area contributed by atoms with E-state index < -0.39 is 0 Å². The van der Waals surface area contributed by atoms with Crippen LogP contribution in [-0.4, -0.2) is 0 Å². The molecule has 0 unspecified atom stereocenters. The summed E-state index contributed by atoms with van der Waals surface area (Å²) >= 11 is 0. The van der Waals surface area contributed by atoms with Gasteiger partial charge in [-0.3, -0.25) is 0 Å². The fourth-order valence-corrected chi connectivity index (χ4v) is 3.74. The quantitative estimate of drug-likeness (QED) is 0.346. The van der Waals surface area contributed by atoms with Crippen LogP contribution in [0.1, 0.15) is 26.3 Å². The first kappa shape index (κ1) is 18.3. The minimum Gasteiger partial charge on any atom is -0.0622 e. The molecule has 28 heavy (non-hydrogen) atoms. The second-order valence-electron chi connectivity index (χ2n) is 8.32. The van der Waals surface area contributed by atoms with Crippen LogP contribution < -0.4 is 0 Å². The number of rotatable bonds is 3. The zero-order chi connectivity index (χ0) is 19.6. The molecule has 4 rings (SSSR count). The molecule has 0 bridgehead atoms. The Morgan fingerprint density at radius 2 is 0.929 bits per heavy atom. The Labute approximate surface area is 168 Å². The average molecular weight is 363 g/mol. The van der Waals surface area contributed by atoms with E-state index in [0.717, 1.165) is 0 Å². The first-order valence-electron chi connectivity index (χ1n) is 9.88. The van der Waals surface area contributed by atoms with Crippen LogP contribution in [0.2, 0.25) is 0 Å². The van der Waals surface area contributed by atoms with Gasteiger partial charge >= 0.3 is 0 Å². The lowest BCUT2D eigenvalue weighted by Gasteiger charge is -2.24. The van der Waals surface area contributed by atoms with Crippen molar-refractivity contribution in [3.05, 3.63) is 109 Å². The molecule has 0 aliphatic rings. The molecule has 0 heterocycles. The van der Waals surface area contributed by atoms with Gasteiger partial charge in [-0.25, -0.2) is 0 Å². The summed E-state index contributed by atoms with van der Waals surface area (Å²) in [6.45, 7) is 6.85. The van der Waals surface area contributed by atoms with Crippen LogP contribution in [-0.2, 0) is 5.41 Å². The van der Waals surface area contributed by atoms with Gasteiger partial charge in [-0.1, -0.05) is 112 Å². The lowest BCUT2D eigenvalue weighted by Crippen LogP contribution is -2.12. The first-order valence-corrected chi connectivity index (χ1v) is 9.88. The van der Waals surface area contributed by atoms with E-state index in [1.807, 2.05) is 0 Å². The van der Waals surface area contributed by atoms with Crippen LogP contribution in [0.15, 0.2) is 103 Å². The summed E-state index contributed by atoms with van der Waals surface area (Å²) in [5.41, 5.74) is 9.06. The summed E-state index contributed by atoms with van der Waals surface area (Å²) in [5, 5.41) is 0. The van der Waals surface area contributed by atoms with E-state index >= 15 is 0 Å². The van der Waals surface area contributed by atoms with Crippen LogP contribution in [0.5, 0.6) is 0 Å². The molecule has 4 aromatic rings. The van der Waals surface area contributed by atoms with Crippen molar-refractivity contribution in [2.24, 2.45) is 0 Å². The summed E-state index contributed by atoms with van der Waals surface area (Å²) in [4.78, 5) is 0. The van der Waals surface area contributed by atoms with Crippen molar-refractivity contribution >= 4 is 0 Å². The highest BCUT2D eigenvalue weighted by Gasteiger charge is 2.19. The second-order valence-corrected chi connectivity index (χ2v) is 8.32. The van der Waals surface area contributed by atoms with E-state index in [1.54, 1.807) is 0 Å². The molecular formula is C28H26. The van der Waals surface area contributed by atoms with Gasteiger partial charge in [0.05, 0.1) is 0 Å². The number of benzene rings is 4. The fraction of sp³-hybridized carbons (Fsp3) is 0.143. The summed E-state index contributed by atoms with van der Waals surface area (Å²) < 4.78 is 0. The summed E-state index contributed by atoms with van der Waals surface area (Å²) in [6.07, 6.45) is 0. The molecule has 0 fully saturated rings. The Morgan fingerprint density at radius 3 is 1.54 bits per heavy atom. The Kier molecular flexibility index (Phi) is 4.88. The predicted octanol–water partition coefficient (Wildman–Crippen LogP) is 7.99. The van der Waals surface area contributed by atoms with E-state index in [0.29, 0.717) is 0 Å². The summed E-state index contributed by atoms with van der Waals surface area (Å²) in [5.74, 6) is 0. The highest BCUT2D eigenvalue weighted by molar-refractivity contribution is 5.79. The molecule has 0 atom stereocenters. The van der Waals surface area contributed by atoms with Crippen LogP contribution >= 0.6 is 0 Å². The first-order chi connectivity index (χ1) is 13.5. The molecule has 0 saturated carbocycles. The van der Waals surface area contributed by atoms with Gasteiger partial charge in [-0.15, -0.1) is 0 Å². The van der Waals surface area contributed by atoms with Crippen LogP contribution in [0.25, 0.3) is 33.4 Å². The fourth-order valence-electron chi connectivity index (χ4n) is 3.74. The maximum atomic E-state index is 2.35. The van der Waals surface area contributed by atoms with Gasteiger partial charge in [-0.05, 0) is 56.5 Å². The van der Waals surface area contributed by atoms with Crippen molar-refractivity contribution in [3.8, 4) is 33.4 Å². The van der Waals surface area contributed by atoms with Crippen molar-refractivity contribution in [1.82, 2.24) is 0 Å². The Balaban J connectivity index is 1.84. The van der Waals surface area contributed by atoms with Crippen molar-refractivity contribution in [2.75, 3.05) is 0 Å². The lowest BCUT2D eigenvalue weighted by molar-refractivity contribution is 0.592. The third kappa shape index (κ3) is 3.77. The van der Waals surface area contributed by atoms with Gasteiger partial charge < -0.3 is 0 Å². The van der Waals surface area contributed by atoms with Crippen molar-refractivity contribution in [2.45, 2.75) is 26.2 Å². The molecule has 0 spiro atoms. The van der Waals surface area contributed by atoms with E-state index in [2.05, 4.69) is 124 Å². The molecule has 0 radical (unpaired) electrons. The normalized spacial score (nSPS) is 11.4. The van der Waals surface area contributed by atoms with E-state index in [-0.39, 0.29) is 5.41 Å². The lowest BCUT2D eigenvalue weighted by atomic mass is 9.80. The minimum atomic E-state index is 0.0928. The minimum absolute atomic E-state index is 0.0928. The van der Waals surface area contributed by atoms with Gasteiger partial charge in [0.15, 0.2) is 0 Å². The summed E-state index contributed by atoms with van der Waals surface area (Å²) in [6, 6.07) is 37.0. The third-order valence-corrected chi connectivity index (χ3v) is 5.22. The molecule has 0 N–H and O–H groups in total. The molecule has 0 aliphatic carbocycles. The molecule has 0 aliphatic heterocycles. The maximum absolute atomic E-state index is 2.35. The number of hydrogen-bond acceptors (Lipinski definition) is 0. The van der Waals surface area contributed by atoms with E-state index in [1.165, 1.54) is 38.9 Å². The van der Waals surface area contributed by atoms with Crippen molar-refractivity contribution in [3.63, 3.8) is 0 Å². The molecule has 138 valence electrons. The molecular weight excluding hydrogens is 336 g/mol. The van der Waals surface area contributed by atoms with Gasteiger partial charge in [0.25, 0.3) is 0 Å². The van der Waals surface area contributed by atoms with E-state index in [4.69, 9.17) is 0 Å². The van der Waals surface area contributed by atoms with Crippen molar-refractivity contribution < 1.29 is 0 Å². The molecule has 0 aromatic heterocycles. The smallest absolute Gasteiger partial charge is 0.0126 e. The average Bonchev–Trinajstić information content (AvgIpc) is 2.74. The number of hydrogen-bond donors (Lipinski definition) is 0. The standard InChI is InChI=1S/C28H26/c1-28(2,3)27-18-17-25(20-26(27)22-13-8-5-9-14-22)24-16-10-15-23(19-24)21-11-6-4-7-12-21/h4-20H,1-3H3. The highest BCUT2D eigenvalue weighted by atomic mass is 14.2. The van der Waals surface area contributed by atoms with Gasteiger partial charge in [0.1, 0.15) is 0 Å². The molecule has 0 heteroatoms. The van der Waals surface area contributed by atoms with Crippen molar-refractivity contribution in [1.29, 1.82) is 0 Å². The van der Waals surface area contributed by atoms with Crippen LogP contribution in [0.4, 0.5) is 0 Å². The van der Waals surface area contributed by atoms with Gasteiger partial charge in [-0.2, -0.15) is 0 Å². The zero-order valence-corrected chi connectivity index (χ0v) is 16.8. The maximum Gasteiger partial charge on any atom is -0.0126 e. The monoisotopic (exact) mass is 362 g/mol. The zero-order valence-electron chi connectivity index (χ0n) is 16.8. The molecule has 0 amide bonds. The Morgan fingerprint density at radius 1 is 0.429 bits per heavy atom. The van der Waals surface area contributed by atoms with E-state index in [9.17, 15) is 0 Å². The predicted molar refractivity (Wildman–Crippen MR) is 121 cm³/mol. The Bertz CT molecular complexity index is 1070. The third-order valence-electron chi connectivity index (χ3n) is 5.22. The highest BCUT2D eigenvalue weighted by Crippen LogP contribution is 2.36. The topological polar surface area (TPSA) is 0 Å². The van der Waals surface area contributed by atoms with Gasteiger partial charge in [0, 0.05) is 0 Å².